The number of amides is 3. The zero-order valence-electron chi connectivity index (χ0n) is 24.8. The van der Waals surface area contributed by atoms with Gasteiger partial charge in [0.2, 0.25) is 0 Å². The maximum Gasteiger partial charge on any atom is 0.326 e. The lowest BCUT2D eigenvalue weighted by molar-refractivity contribution is -0.163. The van der Waals surface area contributed by atoms with Crippen LogP contribution in [-0.2, 0) is 16.5 Å². The minimum Gasteiger partial charge on any atom is -0.494 e. The topological polar surface area (TPSA) is 144 Å². The highest BCUT2D eigenvalue weighted by molar-refractivity contribution is 6.07. The zero-order chi connectivity index (χ0) is 30.9. The van der Waals surface area contributed by atoms with E-state index in [2.05, 4.69) is 20.6 Å². The number of fused-ring (bicyclic) bond motifs is 1. The van der Waals surface area contributed by atoms with Crippen LogP contribution >= 0.6 is 0 Å². The second-order valence-corrected chi connectivity index (χ2v) is 9.96. The van der Waals surface area contributed by atoms with Gasteiger partial charge in [-0.05, 0) is 43.5 Å². The molecule has 5 rings (SSSR count). The number of benzene rings is 2. The van der Waals surface area contributed by atoms with Crippen molar-refractivity contribution in [2.45, 2.75) is 32.0 Å². The van der Waals surface area contributed by atoms with Crippen LogP contribution in [0.15, 0.2) is 55.1 Å². The molecule has 232 valence electrons. The summed E-state index contributed by atoms with van der Waals surface area (Å²) in [5, 5.41) is 5.60. The maximum atomic E-state index is 12.5. The van der Waals surface area contributed by atoms with Gasteiger partial charge in [-0.3, -0.25) is 15.1 Å². The van der Waals surface area contributed by atoms with Crippen LogP contribution in [0.4, 0.5) is 10.5 Å². The van der Waals surface area contributed by atoms with E-state index in [4.69, 9.17) is 28.4 Å². The monoisotopic (exact) mass is 605 g/mol. The Kier molecular flexibility index (Phi) is 10.1. The number of carbonyl (C=O) groups excluding carboxylic acids is 2. The summed E-state index contributed by atoms with van der Waals surface area (Å²) in [6, 6.07) is 9.55. The first kappa shape index (κ1) is 30.6. The van der Waals surface area contributed by atoms with E-state index in [9.17, 15) is 9.59 Å². The third-order valence-corrected chi connectivity index (χ3v) is 6.90. The number of anilines is 1. The molecule has 1 saturated heterocycles. The van der Waals surface area contributed by atoms with Crippen LogP contribution in [0.3, 0.4) is 0 Å². The van der Waals surface area contributed by atoms with Gasteiger partial charge in [0.15, 0.2) is 17.8 Å². The fourth-order valence-corrected chi connectivity index (χ4v) is 4.65. The van der Waals surface area contributed by atoms with Gasteiger partial charge in [-0.2, -0.15) is 0 Å². The molecule has 1 fully saturated rings. The summed E-state index contributed by atoms with van der Waals surface area (Å²) in [5.74, 6) is 1.83. The van der Waals surface area contributed by atoms with Gasteiger partial charge in [-0.25, -0.2) is 9.78 Å². The highest BCUT2D eigenvalue weighted by Gasteiger charge is 2.17. The largest absolute Gasteiger partial charge is 0.494 e. The number of hydrogen-bond acceptors (Lipinski definition) is 10. The summed E-state index contributed by atoms with van der Waals surface area (Å²) in [7, 11) is 4.70. The number of hydrogen-bond donors (Lipinski definition) is 2. The summed E-state index contributed by atoms with van der Waals surface area (Å²) >= 11 is 0. The van der Waals surface area contributed by atoms with Crippen LogP contribution in [0, 0.1) is 0 Å². The van der Waals surface area contributed by atoms with Crippen molar-refractivity contribution in [2.24, 2.45) is 7.05 Å². The molecule has 3 heterocycles. The molecule has 0 radical (unpaired) electrons. The predicted molar refractivity (Wildman–Crippen MR) is 161 cm³/mol. The summed E-state index contributed by atoms with van der Waals surface area (Å²) in [5.41, 5.74) is 1.24. The molecule has 2 aromatic carbocycles. The Labute approximate surface area is 254 Å². The van der Waals surface area contributed by atoms with Gasteiger partial charge in [0.25, 0.3) is 5.91 Å². The highest BCUT2D eigenvalue weighted by atomic mass is 16.7. The smallest absolute Gasteiger partial charge is 0.326 e. The SMILES string of the molecule is COc1cc(Oc2ccnc3cc(OCCCO[C@@H]4CCCCO4)c(OC)cc23)ccc1NC(=O)NC(=O)c1cncn1C. The molecule has 3 amide bonds. The summed E-state index contributed by atoms with van der Waals surface area (Å²) in [6.45, 7) is 1.74. The quantitative estimate of drug-likeness (QED) is 0.211. The Hall–Kier alpha value is -4.88. The summed E-state index contributed by atoms with van der Waals surface area (Å²) < 4.78 is 36.2. The second kappa shape index (κ2) is 14.5. The number of ether oxygens (including phenoxy) is 6. The lowest BCUT2D eigenvalue weighted by Gasteiger charge is -2.22. The molecule has 44 heavy (non-hydrogen) atoms. The normalized spacial score (nSPS) is 14.6. The number of imidazole rings is 1. The summed E-state index contributed by atoms with van der Waals surface area (Å²) in [6.07, 6.45) is 8.19. The molecular weight excluding hydrogens is 570 g/mol. The molecule has 13 heteroatoms. The van der Waals surface area contributed by atoms with Crippen molar-refractivity contribution in [1.82, 2.24) is 19.9 Å². The number of imide groups is 1. The van der Waals surface area contributed by atoms with Crippen LogP contribution < -0.4 is 29.6 Å². The Bertz CT molecular complexity index is 1600. The first-order valence-electron chi connectivity index (χ1n) is 14.2. The molecule has 0 saturated carbocycles. The van der Waals surface area contributed by atoms with Crippen molar-refractivity contribution in [3.05, 3.63) is 60.8 Å². The molecule has 0 spiro atoms. The van der Waals surface area contributed by atoms with Crippen molar-refractivity contribution >= 4 is 28.5 Å². The van der Waals surface area contributed by atoms with E-state index in [1.165, 1.54) is 24.2 Å². The Morgan fingerprint density at radius 3 is 2.64 bits per heavy atom. The Morgan fingerprint density at radius 1 is 1.02 bits per heavy atom. The molecule has 0 unspecified atom stereocenters. The number of rotatable bonds is 12. The van der Waals surface area contributed by atoms with E-state index in [1.54, 1.807) is 44.6 Å². The fraction of sp³-hybridized carbons (Fsp3) is 0.355. The van der Waals surface area contributed by atoms with Crippen molar-refractivity contribution < 1.29 is 38.0 Å². The molecule has 1 aliphatic heterocycles. The van der Waals surface area contributed by atoms with Gasteiger partial charge in [0.1, 0.15) is 22.9 Å². The van der Waals surface area contributed by atoms with Crippen molar-refractivity contribution in [3.8, 4) is 28.7 Å². The van der Waals surface area contributed by atoms with Crippen LogP contribution in [0.25, 0.3) is 10.9 Å². The third-order valence-electron chi connectivity index (χ3n) is 6.90. The first-order valence-corrected chi connectivity index (χ1v) is 14.2. The van der Waals surface area contributed by atoms with Crippen LogP contribution in [-0.4, -0.2) is 66.8 Å². The molecule has 1 aliphatic rings. The molecular formula is C31H35N5O8. The molecule has 0 aliphatic carbocycles. The predicted octanol–water partition coefficient (Wildman–Crippen LogP) is 5.05. The fourth-order valence-electron chi connectivity index (χ4n) is 4.65. The zero-order valence-corrected chi connectivity index (χ0v) is 24.8. The molecule has 2 aromatic heterocycles. The number of nitrogens with one attached hydrogen (secondary N) is 2. The second-order valence-electron chi connectivity index (χ2n) is 9.96. The Balaban J connectivity index is 1.23. The van der Waals surface area contributed by atoms with Gasteiger partial charge in [0, 0.05) is 43.8 Å². The maximum absolute atomic E-state index is 12.5. The van der Waals surface area contributed by atoms with E-state index in [0.29, 0.717) is 65.0 Å². The number of urea groups is 1. The van der Waals surface area contributed by atoms with E-state index < -0.39 is 11.9 Å². The molecule has 4 aromatic rings. The Morgan fingerprint density at radius 2 is 1.89 bits per heavy atom. The van der Waals surface area contributed by atoms with E-state index >= 15 is 0 Å². The third kappa shape index (κ3) is 7.54. The molecule has 0 bridgehead atoms. The van der Waals surface area contributed by atoms with E-state index in [-0.39, 0.29) is 12.0 Å². The standard InChI is InChI=1S/C31H35N5O8/c1-36-19-32-18-24(36)30(37)35-31(38)34-22-9-8-20(15-26(22)39-2)44-25-10-11-33-23-17-28(27(40-3)16-21(23)25)41-13-6-14-43-29-7-4-5-12-42-29/h8-11,15-19,29H,4-7,12-14H2,1-3H3,(H2,34,35,37,38)/t29-/m1/s1. The number of aromatic nitrogens is 3. The average molecular weight is 606 g/mol. The van der Waals surface area contributed by atoms with E-state index in [0.717, 1.165) is 25.9 Å². The minimum absolute atomic E-state index is 0.123. The number of methoxy groups -OCH3 is 2. The van der Waals surface area contributed by atoms with Crippen LogP contribution in [0.2, 0.25) is 0 Å². The van der Waals surface area contributed by atoms with Crippen molar-refractivity contribution in [2.75, 3.05) is 39.4 Å². The first-order chi connectivity index (χ1) is 21.4. The minimum atomic E-state index is -0.723. The van der Waals surface area contributed by atoms with E-state index in [1.807, 2.05) is 12.1 Å². The van der Waals surface area contributed by atoms with Crippen molar-refractivity contribution in [3.63, 3.8) is 0 Å². The summed E-state index contributed by atoms with van der Waals surface area (Å²) in [4.78, 5) is 33.2. The number of aryl methyl sites for hydroxylation is 1. The average Bonchev–Trinajstić information content (AvgIpc) is 3.47. The molecule has 13 nitrogen and oxygen atoms in total. The van der Waals surface area contributed by atoms with Crippen molar-refractivity contribution in [1.29, 1.82) is 0 Å². The lowest BCUT2D eigenvalue weighted by Crippen LogP contribution is -2.35. The van der Waals surface area contributed by atoms with Gasteiger partial charge in [0.05, 0.1) is 51.2 Å². The molecule has 2 N–H and O–H groups in total. The lowest BCUT2D eigenvalue weighted by atomic mass is 10.1. The van der Waals surface area contributed by atoms with Gasteiger partial charge < -0.3 is 38.3 Å². The highest BCUT2D eigenvalue weighted by Crippen LogP contribution is 2.38. The molecule has 1 atom stereocenters. The van der Waals surface area contributed by atoms with Gasteiger partial charge in [-0.15, -0.1) is 0 Å². The van der Waals surface area contributed by atoms with Gasteiger partial charge in [-0.1, -0.05) is 0 Å². The van der Waals surface area contributed by atoms with Crippen LogP contribution in [0.5, 0.6) is 28.7 Å². The van der Waals surface area contributed by atoms with Gasteiger partial charge >= 0.3 is 6.03 Å². The number of carbonyl (C=O) groups is 2. The van der Waals surface area contributed by atoms with Crippen LogP contribution in [0.1, 0.15) is 36.2 Å². The number of pyridine rings is 1. The number of nitrogens with zero attached hydrogens (tertiary/aromatic N) is 3.